The molecule has 13 heteroatoms. The Kier molecular flexibility index (Phi) is 11.1. The lowest BCUT2D eigenvalue weighted by molar-refractivity contribution is -0.121. The Hall–Kier alpha value is -4.78. The molecule has 1 heterocycles. The first-order valence-corrected chi connectivity index (χ1v) is 16.4. The van der Waals surface area contributed by atoms with E-state index in [1.165, 1.54) is 45.2 Å². The van der Waals surface area contributed by atoms with Crippen LogP contribution in [-0.2, 0) is 14.4 Å². The summed E-state index contributed by atoms with van der Waals surface area (Å²) in [6.45, 7) is 0. The standard InChI is InChI=1S/C35H29BrClN3O7S/c1-45-28-13-12-24(18-26(28)37)40-31(41)19-30(35(40)44)48-25-11-7-10-23(17-25)38-34(43)27(39-33(42)20-8-5-4-6-9-20)15-21-14-22(36)16-29(46-2)32(21)47-3/h4-18,30H,19H2,1-3H3,(H,38,43)(H,39,42)/b27-15-. The zero-order valence-corrected chi connectivity index (χ0v) is 29.1. The van der Waals surface area contributed by atoms with E-state index in [-0.39, 0.29) is 29.0 Å². The highest BCUT2D eigenvalue weighted by molar-refractivity contribution is 9.10. The summed E-state index contributed by atoms with van der Waals surface area (Å²) in [4.78, 5) is 54.9. The summed E-state index contributed by atoms with van der Waals surface area (Å²) in [5, 5.41) is 5.13. The third kappa shape index (κ3) is 7.84. The van der Waals surface area contributed by atoms with Gasteiger partial charge in [-0.25, -0.2) is 4.90 Å². The second-order valence-electron chi connectivity index (χ2n) is 10.3. The molecular weight excluding hydrogens is 722 g/mol. The number of nitrogens with one attached hydrogen (secondary N) is 2. The van der Waals surface area contributed by atoms with Crippen LogP contribution in [-0.4, -0.2) is 50.2 Å². The summed E-state index contributed by atoms with van der Waals surface area (Å²) < 4.78 is 16.8. The minimum Gasteiger partial charge on any atom is -0.495 e. The smallest absolute Gasteiger partial charge is 0.272 e. The maximum absolute atomic E-state index is 13.7. The molecule has 1 atom stereocenters. The van der Waals surface area contributed by atoms with Gasteiger partial charge in [-0.05, 0) is 66.7 Å². The third-order valence-corrected chi connectivity index (χ3v) is 9.10. The van der Waals surface area contributed by atoms with E-state index in [0.717, 1.165) is 4.90 Å². The van der Waals surface area contributed by atoms with E-state index in [0.29, 0.717) is 49.1 Å². The first-order valence-electron chi connectivity index (χ1n) is 14.4. The van der Waals surface area contributed by atoms with Crippen molar-refractivity contribution in [2.75, 3.05) is 31.5 Å². The van der Waals surface area contributed by atoms with Crippen molar-refractivity contribution in [3.8, 4) is 17.2 Å². The van der Waals surface area contributed by atoms with Crippen LogP contribution >= 0.6 is 39.3 Å². The van der Waals surface area contributed by atoms with E-state index in [1.807, 2.05) is 0 Å². The minimum atomic E-state index is -0.691. The lowest BCUT2D eigenvalue weighted by Gasteiger charge is -2.16. The van der Waals surface area contributed by atoms with Crippen LogP contribution in [0, 0.1) is 0 Å². The molecule has 0 bridgehead atoms. The van der Waals surface area contributed by atoms with Crippen LogP contribution in [0.4, 0.5) is 11.4 Å². The van der Waals surface area contributed by atoms with Crippen LogP contribution in [0.2, 0.25) is 5.02 Å². The van der Waals surface area contributed by atoms with Crippen molar-refractivity contribution in [3.63, 3.8) is 0 Å². The minimum absolute atomic E-state index is 0.0138. The predicted octanol–water partition coefficient (Wildman–Crippen LogP) is 6.96. The fourth-order valence-corrected chi connectivity index (χ4v) is 6.75. The number of hydrogen-bond acceptors (Lipinski definition) is 8. The SMILES string of the molecule is COc1ccc(N2C(=O)CC(Sc3cccc(NC(=O)/C(=C/c4cc(Br)cc(OC)c4OC)NC(=O)c4ccccc4)c3)C2=O)cc1Cl. The molecule has 10 nitrogen and oxygen atoms in total. The topological polar surface area (TPSA) is 123 Å². The Balaban J connectivity index is 1.38. The van der Waals surface area contributed by atoms with Gasteiger partial charge in [0, 0.05) is 32.6 Å². The maximum atomic E-state index is 13.7. The highest BCUT2D eigenvalue weighted by Gasteiger charge is 2.40. The van der Waals surface area contributed by atoms with Crippen LogP contribution in [0.25, 0.3) is 6.08 Å². The zero-order valence-electron chi connectivity index (χ0n) is 25.9. The molecule has 4 aromatic carbocycles. The van der Waals surface area contributed by atoms with Gasteiger partial charge in [-0.2, -0.15) is 0 Å². The number of nitrogens with zero attached hydrogens (tertiary/aromatic N) is 1. The van der Waals surface area contributed by atoms with Crippen LogP contribution in [0.3, 0.4) is 0 Å². The molecule has 246 valence electrons. The molecular formula is C35H29BrClN3O7S. The number of methoxy groups -OCH3 is 3. The molecule has 0 radical (unpaired) electrons. The summed E-state index contributed by atoms with van der Waals surface area (Å²) >= 11 is 10.9. The predicted molar refractivity (Wildman–Crippen MR) is 189 cm³/mol. The largest absolute Gasteiger partial charge is 0.495 e. The van der Waals surface area contributed by atoms with E-state index in [9.17, 15) is 19.2 Å². The number of ether oxygens (including phenoxy) is 3. The molecule has 4 aromatic rings. The fraction of sp³-hybridized carbons (Fsp3) is 0.143. The van der Waals surface area contributed by atoms with E-state index < -0.39 is 17.1 Å². The molecule has 48 heavy (non-hydrogen) atoms. The summed E-state index contributed by atoms with van der Waals surface area (Å²) in [5.41, 5.74) is 1.52. The molecule has 0 spiro atoms. The number of anilines is 2. The van der Waals surface area contributed by atoms with Crippen molar-refractivity contribution < 1.29 is 33.4 Å². The molecule has 5 rings (SSSR count). The average Bonchev–Trinajstić information content (AvgIpc) is 3.35. The molecule has 1 saturated heterocycles. The van der Waals surface area contributed by atoms with Crippen LogP contribution in [0.15, 0.2) is 100.0 Å². The van der Waals surface area contributed by atoms with Crippen molar-refractivity contribution in [1.82, 2.24) is 5.32 Å². The Morgan fingerprint density at radius 2 is 1.67 bits per heavy atom. The van der Waals surface area contributed by atoms with Crippen molar-refractivity contribution in [1.29, 1.82) is 0 Å². The first-order chi connectivity index (χ1) is 23.1. The number of carbonyl (C=O) groups excluding carboxylic acids is 4. The summed E-state index contributed by atoms with van der Waals surface area (Å²) in [6.07, 6.45) is 1.48. The van der Waals surface area contributed by atoms with Gasteiger partial charge in [0.1, 0.15) is 11.4 Å². The van der Waals surface area contributed by atoms with Crippen LogP contribution in [0.5, 0.6) is 17.2 Å². The van der Waals surface area contributed by atoms with Gasteiger partial charge < -0.3 is 24.8 Å². The average molecular weight is 751 g/mol. The van der Waals surface area contributed by atoms with Gasteiger partial charge >= 0.3 is 0 Å². The highest BCUT2D eigenvalue weighted by Crippen LogP contribution is 2.38. The van der Waals surface area contributed by atoms with E-state index >= 15 is 0 Å². The first kappa shape index (κ1) is 34.6. The van der Waals surface area contributed by atoms with E-state index in [2.05, 4.69) is 26.6 Å². The van der Waals surface area contributed by atoms with Crippen molar-refractivity contribution >= 4 is 80.4 Å². The number of amides is 4. The zero-order chi connectivity index (χ0) is 34.4. The molecule has 1 fully saturated rings. The van der Waals surface area contributed by atoms with E-state index in [1.54, 1.807) is 78.9 Å². The van der Waals surface area contributed by atoms with Gasteiger partial charge in [0.2, 0.25) is 11.8 Å². The number of hydrogen-bond donors (Lipinski definition) is 2. The van der Waals surface area contributed by atoms with E-state index in [4.69, 9.17) is 25.8 Å². The van der Waals surface area contributed by atoms with Crippen molar-refractivity contribution in [2.24, 2.45) is 0 Å². The van der Waals surface area contributed by atoms with Gasteiger partial charge in [-0.1, -0.05) is 51.8 Å². The van der Waals surface area contributed by atoms with Gasteiger partial charge in [-0.15, -0.1) is 11.8 Å². The molecule has 0 saturated carbocycles. The maximum Gasteiger partial charge on any atom is 0.272 e. The molecule has 4 amide bonds. The molecule has 1 unspecified atom stereocenters. The summed E-state index contributed by atoms with van der Waals surface area (Å²) in [5.74, 6) is -0.630. The Bertz CT molecular complexity index is 1920. The Morgan fingerprint density at radius 3 is 2.35 bits per heavy atom. The summed E-state index contributed by atoms with van der Waals surface area (Å²) in [6, 6.07) is 23.5. The molecule has 1 aliphatic heterocycles. The van der Waals surface area contributed by atoms with Crippen LogP contribution < -0.4 is 29.7 Å². The van der Waals surface area contributed by atoms with Gasteiger partial charge in [0.05, 0.1) is 37.3 Å². The molecule has 0 aromatic heterocycles. The fourth-order valence-electron chi connectivity index (χ4n) is 4.94. The van der Waals surface area contributed by atoms with Gasteiger partial charge in [0.15, 0.2) is 11.5 Å². The molecule has 2 N–H and O–H groups in total. The van der Waals surface area contributed by atoms with Crippen molar-refractivity contribution in [2.45, 2.75) is 16.6 Å². The number of benzene rings is 4. The van der Waals surface area contributed by atoms with Gasteiger partial charge in [0.25, 0.3) is 11.8 Å². The highest BCUT2D eigenvalue weighted by atomic mass is 79.9. The Labute approximate surface area is 294 Å². The second-order valence-corrected chi connectivity index (χ2v) is 12.9. The number of carbonyl (C=O) groups is 4. The monoisotopic (exact) mass is 749 g/mol. The third-order valence-electron chi connectivity index (χ3n) is 7.17. The van der Waals surface area contributed by atoms with Crippen LogP contribution in [0.1, 0.15) is 22.3 Å². The molecule has 1 aliphatic rings. The lowest BCUT2D eigenvalue weighted by Crippen LogP contribution is -2.31. The Morgan fingerprint density at radius 1 is 0.917 bits per heavy atom. The number of halogens is 2. The lowest BCUT2D eigenvalue weighted by atomic mass is 10.1. The van der Waals surface area contributed by atoms with Crippen molar-refractivity contribution in [3.05, 3.63) is 111 Å². The second kappa shape index (κ2) is 15.4. The van der Waals surface area contributed by atoms with Gasteiger partial charge in [-0.3, -0.25) is 19.2 Å². The quantitative estimate of drug-likeness (QED) is 0.125. The summed E-state index contributed by atoms with van der Waals surface area (Å²) in [7, 11) is 4.45. The molecule has 0 aliphatic carbocycles. The normalized spacial score (nSPS) is 14.5. The number of thioether (sulfide) groups is 1. The number of imide groups is 1. The number of rotatable bonds is 11.